The van der Waals surface area contributed by atoms with Crippen LogP contribution in [-0.2, 0) is 14.3 Å². The lowest BCUT2D eigenvalue weighted by atomic mass is 9.45. The summed E-state index contributed by atoms with van der Waals surface area (Å²) in [7, 11) is 0. The van der Waals surface area contributed by atoms with Crippen LogP contribution in [0.25, 0.3) is 0 Å². The minimum Gasteiger partial charge on any atom is -0.390 e. The van der Waals surface area contributed by atoms with Crippen LogP contribution >= 0.6 is 0 Å². The zero-order valence-corrected chi connectivity index (χ0v) is 19.3. The zero-order chi connectivity index (χ0) is 23.3. The standard InChI is InChI=1S/C25H35FO6/c1-22(2)31-18-10-16-15-6-5-13-9-14(28)7-8-24(13,4)25(15,26)19(30)11-23(16,3)20(18)21(32-22)17(29)12-27/h7-9,14-16,18-21,27-28,30H,5-6,10-12H2,1-4H3/t14?,15?,16-,18+,19-,20?,21?,23-,24-,25-/m0/s1. The number of fused-ring (bicyclic) bond motifs is 7. The third-order valence-electron chi connectivity index (χ3n) is 9.47. The van der Waals surface area contributed by atoms with E-state index in [4.69, 9.17) is 9.47 Å². The number of hydrogen-bond acceptors (Lipinski definition) is 6. The van der Waals surface area contributed by atoms with Gasteiger partial charge >= 0.3 is 0 Å². The second-order valence-corrected chi connectivity index (χ2v) is 11.5. The summed E-state index contributed by atoms with van der Waals surface area (Å²) in [4.78, 5) is 12.7. The highest BCUT2D eigenvalue weighted by Gasteiger charge is 2.73. The molecule has 3 saturated carbocycles. The number of halogens is 1. The highest BCUT2D eigenvalue weighted by atomic mass is 19.1. The molecule has 5 aliphatic rings. The van der Waals surface area contributed by atoms with Crippen LogP contribution in [-0.4, -0.2) is 63.6 Å². The molecular formula is C25H35FO6. The van der Waals surface area contributed by atoms with Crippen LogP contribution in [0, 0.1) is 28.6 Å². The summed E-state index contributed by atoms with van der Waals surface area (Å²) < 4.78 is 29.5. The van der Waals surface area contributed by atoms with Crippen molar-refractivity contribution in [3.8, 4) is 0 Å². The van der Waals surface area contributed by atoms with Gasteiger partial charge in [0.25, 0.3) is 0 Å². The Morgan fingerprint density at radius 2 is 1.91 bits per heavy atom. The molecule has 4 unspecified atom stereocenters. The maximum absolute atomic E-state index is 17.2. The van der Waals surface area contributed by atoms with Crippen LogP contribution in [0.4, 0.5) is 4.39 Å². The van der Waals surface area contributed by atoms with Crippen LogP contribution in [0.2, 0.25) is 0 Å². The number of hydrogen-bond donors (Lipinski definition) is 3. The Labute approximate surface area is 188 Å². The van der Waals surface area contributed by atoms with Crippen molar-refractivity contribution in [2.45, 2.75) is 89.2 Å². The number of carbonyl (C=O) groups excluding carboxylic acids is 1. The van der Waals surface area contributed by atoms with Crippen molar-refractivity contribution in [3.05, 3.63) is 23.8 Å². The van der Waals surface area contributed by atoms with Crippen molar-refractivity contribution < 1.29 is 34.0 Å². The Hall–Kier alpha value is -1.12. The third-order valence-corrected chi connectivity index (χ3v) is 9.47. The molecule has 5 rings (SSSR count). The van der Waals surface area contributed by atoms with Crippen molar-refractivity contribution in [3.63, 3.8) is 0 Å². The average molecular weight is 451 g/mol. The van der Waals surface area contributed by atoms with E-state index in [9.17, 15) is 20.1 Å². The summed E-state index contributed by atoms with van der Waals surface area (Å²) in [5, 5.41) is 31.1. The van der Waals surface area contributed by atoms with Gasteiger partial charge in [0.05, 0.1) is 18.3 Å². The molecule has 6 nitrogen and oxygen atoms in total. The number of allylic oxidation sites excluding steroid dienone is 2. The molecule has 0 amide bonds. The van der Waals surface area contributed by atoms with Crippen LogP contribution < -0.4 is 0 Å². The molecule has 178 valence electrons. The predicted octanol–water partition coefficient (Wildman–Crippen LogP) is 2.46. The number of aliphatic hydroxyl groups excluding tert-OH is 3. The largest absolute Gasteiger partial charge is 0.390 e. The number of Topliss-reactive ketones (excluding diaryl/α,β-unsaturated/α-hetero) is 1. The smallest absolute Gasteiger partial charge is 0.187 e. The molecule has 32 heavy (non-hydrogen) atoms. The van der Waals surface area contributed by atoms with E-state index in [0.717, 1.165) is 5.57 Å². The molecular weight excluding hydrogens is 415 g/mol. The third kappa shape index (κ3) is 2.78. The first-order valence-corrected chi connectivity index (χ1v) is 11.8. The number of ketones is 1. The van der Waals surface area contributed by atoms with Gasteiger partial charge in [-0.05, 0) is 57.8 Å². The first-order valence-electron chi connectivity index (χ1n) is 11.8. The van der Waals surface area contributed by atoms with Crippen LogP contribution in [0.1, 0.15) is 53.4 Å². The minimum atomic E-state index is -1.88. The topological polar surface area (TPSA) is 96.2 Å². The first kappa shape index (κ1) is 22.7. The second kappa shape index (κ2) is 6.95. The van der Waals surface area contributed by atoms with Crippen molar-refractivity contribution in [1.82, 2.24) is 0 Å². The van der Waals surface area contributed by atoms with Crippen LogP contribution in [0.15, 0.2) is 23.8 Å². The molecule has 4 fully saturated rings. The van der Waals surface area contributed by atoms with E-state index in [1.807, 2.05) is 13.8 Å². The Morgan fingerprint density at radius 1 is 1.19 bits per heavy atom. The van der Waals surface area contributed by atoms with Gasteiger partial charge in [-0.3, -0.25) is 4.79 Å². The summed E-state index contributed by atoms with van der Waals surface area (Å²) in [6.45, 7) is 6.76. The van der Waals surface area contributed by atoms with E-state index in [-0.39, 0.29) is 24.4 Å². The van der Waals surface area contributed by atoms with Gasteiger partial charge in [-0.1, -0.05) is 30.7 Å². The van der Waals surface area contributed by atoms with Gasteiger partial charge in [0.15, 0.2) is 17.2 Å². The van der Waals surface area contributed by atoms with Gasteiger partial charge < -0.3 is 24.8 Å². The lowest BCUT2D eigenvalue weighted by Crippen LogP contribution is -2.67. The maximum atomic E-state index is 17.2. The first-order chi connectivity index (χ1) is 14.9. The van der Waals surface area contributed by atoms with E-state index >= 15 is 4.39 Å². The van der Waals surface area contributed by atoms with Gasteiger partial charge in [-0.15, -0.1) is 0 Å². The fourth-order valence-electron chi connectivity index (χ4n) is 8.15. The SMILES string of the molecule is CC1(C)OC(C(=O)CO)C2[C@@H](C[C@H]3C4CCC5=CC(O)C=C[C@]5(C)[C@@]4(F)[C@@H](O)C[C@]23C)O1. The van der Waals surface area contributed by atoms with Crippen molar-refractivity contribution in [2.24, 2.45) is 28.6 Å². The Kier molecular flexibility index (Phi) is 4.92. The summed E-state index contributed by atoms with van der Waals surface area (Å²) in [6.07, 6.45) is 3.97. The number of rotatable bonds is 2. The maximum Gasteiger partial charge on any atom is 0.187 e. The van der Waals surface area contributed by atoms with E-state index < -0.39 is 58.9 Å². The van der Waals surface area contributed by atoms with Crippen LogP contribution in [0.5, 0.6) is 0 Å². The Bertz CT molecular complexity index is 884. The minimum absolute atomic E-state index is 0.101. The number of alkyl halides is 1. The molecule has 1 aliphatic heterocycles. The van der Waals surface area contributed by atoms with Crippen molar-refractivity contribution in [1.29, 1.82) is 0 Å². The fourth-order valence-corrected chi connectivity index (χ4v) is 8.15. The van der Waals surface area contributed by atoms with E-state index in [1.54, 1.807) is 32.1 Å². The van der Waals surface area contributed by atoms with Crippen molar-refractivity contribution in [2.75, 3.05) is 6.61 Å². The number of aliphatic hydroxyl groups is 3. The molecule has 7 heteroatoms. The molecule has 3 N–H and O–H groups in total. The monoisotopic (exact) mass is 450 g/mol. The molecule has 0 aromatic heterocycles. The summed E-state index contributed by atoms with van der Waals surface area (Å²) in [5.41, 5.74) is -2.58. The zero-order valence-electron chi connectivity index (χ0n) is 19.3. The van der Waals surface area contributed by atoms with Gasteiger partial charge in [0.2, 0.25) is 0 Å². The lowest BCUT2D eigenvalue weighted by molar-refractivity contribution is -0.319. The molecule has 0 aromatic carbocycles. The summed E-state index contributed by atoms with van der Waals surface area (Å²) in [5.74, 6) is -2.25. The fraction of sp³-hybridized carbons (Fsp3) is 0.800. The Morgan fingerprint density at radius 3 is 2.59 bits per heavy atom. The van der Waals surface area contributed by atoms with E-state index in [0.29, 0.717) is 19.3 Å². The normalized spacial score (nSPS) is 53.5. The molecule has 4 aliphatic carbocycles. The molecule has 0 bridgehead atoms. The van der Waals surface area contributed by atoms with Crippen molar-refractivity contribution >= 4 is 5.78 Å². The molecule has 0 aromatic rings. The quantitative estimate of drug-likeness (QED) is 0.560. The molecule has 10 atom stereocenters. The highest BCUT2D eigenvalue weighted by molar-refractivity contribution is 5.84. The predicted molar refractivity (Wildman–Crippen MR) is 114 cm³/mol. The van der Waals surface area contributed by atoms with Gasteiger partial charge in [-0.25, -0.2) is 4.39 Å². The molecule has 0 spiro atoms. The van der Waals surface area contributed by atoms with Gasteiger partial charge in [0.1, 0.15) is 12.7 Å². The van der Waals surface area contributed by atoms with E-state index in [1.165, 1.54) is 0 Å². The summed E-state index contributed by atoms with van der Waals surface area (Å²) in [6, 6.07) is 0. The average Bonchev–Trinajstić information content (AvgIpc) is 2.99. The highest BCUT2D eigenvalue weighted by Crippen LogP contribution is 2.70. The van der Waals surface area contributed by atoms with Gasteiger partial charge in [-0.2, -0.15) is 0 Å². The lowest BCUT2D eigenvalue weighted by Gasteiger charge is -2.62. The van der Waals surface area contributed by atoms with Crippen LogP contribution in [0.3, 0.4) is 0 Å². The number of ether oxygens (including phenoxy) is 2. The van der Waals surface area contributed by atoms with Gasteiger partial charge in [0, 0.05) is 17.3 Å². The summed E-state index contributed by atoms with van der Waals surface area (Å²) >= 11 is 0. The Balaban J connectivity index is 1.58. The molecule has 1 saturated heterocycles. The van der Waals surface area contributed by atoms with E-state index in [2.05, 4.69) is 0 Å². The second-order valence-electron chi connectivity index (χ2n) is 11.5. The molecule has 0 radical (unpaired) electrons. The molecule has 1 heterocycles. The number of carbonyl (C=O) groups is 1.